The third kappa shape index (κ3) is 2.39. The van der Waals surface area contributed by atoms with E-state index in [0.29, 0.717) is 5.69 Å². The van der Waals surface area contributed by atoms with Crippen LogP contribution in [0.15, 0.2) is 33.2 Å². The fourth-order valence-electron chi connectivity index (χ4n) is 1.39. The van der Waals surface area contributed by atoms with Gasteiger partial charge in [-0.25, -0.2) is 0 Å². The van der Waals surface area contributed by atoms with E-state index in [0.717, 1.165) is 6.07 Å². The van der Waals surface area contributed by atoms with E-state index >= 15 is 0 Å². The van der Waals surface area contributed by atoms with Crippen molar-refractivity contribution in [2.45, 2.75) is 6.92 Å². The summed E-state index contributed by atoms with van der Waals surface area (Å²) in [5, 5.41) is 22.5. The molecule has 0 aliphatic carbocycles. The van der Waals surface area contributed by atoms with Gasteiger partial charge >= 0.3 is 5.69 Å². The minimum atomic E-state index is -1.10. The molecule has 0 saturated heterocycles. The molecule has 1 heterocycles. The summed E-state index contributed by atoms with van der Waals surface area (Å²) in [5.41, 5.74) is -1.09. The predicted molar refractivity (Wildman–Crippen MR) is 63.4 cm³/mol. The van der Waals surface area contributed by atoms with Crippen LogP contribution in [-0.4, -0.2) is 15.1 Å². The highest BCUT2D eigenvalue weighted by Crippen LogP contribution is 2.27. The lowest BCUT2D eigenvalue weighted by Crippen LogP contribution is -1.96. The van der Waals surface area contributed by atoms with Crippen molar-refractivity contribution < 1.29 is 9.31 Å². The summed E-state index contributed by atoms with van der Waals surface area (Å²) in [4.78, 5) is 21.0. The number of nitrogens with one attached hydrogen (secondary N) is 2. The van der Waals surface area contributed by atoms with Gasteiger partial charge in [-0.15, -0.1) is 10.2 Å². The molecule has 9 heteroatoms. The Morgan fingerprint density at radius 2 is 2.05 bits per heavy atom. The molecule has 0 spiro atoms. The van der Waals surface area contributed by atoms with Gasteiger partial charge in [0.2, 0.25) is 5.82 Å². The Morgan fingerprint density at radius 3 is 2.63 bits per heavy atom. The normalized spacial score (nSPS) is 11.1. The van der Waals surface area contributed by atoms with Crippen molar-refractivity contribution in [1.82, 2.24) is 10.2 Å². The van der Waals surface area contributed by atoms with Crippen LogP contribution in [-0.2, 0) is 0 Å². The van der Waals surface area contributed by atoms with Crippen LogP contribution in [0.1, 0.15) is 5.69 Å². The van der Waals surface area contributed by atoms with E-state index in [9.17, 15) is 19.3 Å². The lowest BCUT2D eigenvalue weighted by molar-refractivity contribution is -0.387. The molecule has 98 valence electrons. The Bertz CT molecular complexity index is 718. The molecule has 0 saturated carbocycles. The molecule has 19 heavy (non-hydrogen) atoms. The van der Waals surface area contributed by atoms with Gasteiger partial charge in [0.1, 0.15) is 5.69 Å². The molecule has 0 fully saturated rings. The van der Waals surface area contributed by atoms with E-state index in [4.69, 9.17) is 0 Å². The lowest BCUT2D eigenvalue weighted by Gasteiger charge is -1.96. The quantitative estimate of drug-likeness (QED) is 0.504. The number of hydrogen-bond donors (Lipinski definition) is 2. The Labute approximate surface area is 105 Å². The standard InChI is InChI=1S/C10H8FN5O3/c1-5-9(10(17)15-12-5)14-13-6-3-2-4-7(8(6)11)16(18)19/h2-4H,1H3,(H2,12,15,17). The number of azo groups is 1. The molecule has 0 atom stereocenters. The summed E-state index contributed by atoms with van der Waals surface area (Å²) in [5.74, 6) is -1.10. The highest BCUT2D eigenvalue weighted by Gasteiger charge is 2.17. The van der Waals surface area contributed by atoms with Crippen molar-refractivity contribution in [3.63, 3.8) is 0 Å². The number of H-pyrrole nitrogens is 2. The molecular weight excluding hydrogens is 257 g/mol. The van der Waals surface area contributed by atoms with Gasteiger partial charge in [0, 0.05) is 6.07 Å². The molecule has 0 radical (unpaired) electrons. The van der Waals surface area contributed by atoms with Crippen LogP contribution in [0.2, 0.25) is 0 Å². The smallest absolute Gasteiger partial charge is 0.300 e. The number of nitro groups is 1. The van der Waals surface area contributed by atoms with E-state index in [1.165, 1.54) is 12.1 Å². The molecule has 0 aliphatic rings. The molecule has 0 amide bonds. The van der Waals surface area contributed by atoms with Crippen LogP contribution in [0.3, 0.4) is 0 Å². The van der Waals surface area contributed by atoms with Gasteiger partial charge < -0.3 is 5.10 Å². The SMILES string of the molecule is Cc1[nH][nH]c(=O)c1N=Nc1cccc([N+](=O)[O-])c1F. The fourth-order valence-corrected chi connectivity index (χ4v) is 1.39. The van der Waals surface area contributed by atoms with Gasteiger partial charge in [0.25, 0.3) is 5.56 Å². The number of nitro benzene ring substituents is 1. The molecule has 2 aromatic rings. The van der Waals surface area contributed by atoms with Gasteiger partial charge in [-0.2, -0.15) is 4.39 Å². The summed E-state index contributed by atoms with van der Waals surface area (Å²) in [6.45, 7) is 1.58. The number of aryl methyl sites for hydroxylation is 1. The zero-order valence-electron chi connectivity index (χ0n) is 9.68. The van der Waals surface area contributed by atoms with E-state index in [-0.39, 0.29) is 11.4 Å². The second kappa shape index (κ2) is 4.80. The fraction of sp³-hybridized carbons (Fsp3) is 0.100. The summed E-state index contributed by atoms with van der Waals surface area (Å²) < 4.78 is 13.7. The number of aromatic amines is 2. The Morgan fingerprint density at radius 1 is 1.32 bits per heavy atom. The van der Waals surface area contributed by atoms with Crippen LogP contribution in [0.5, 0.6) is 0 Å². The van der Waals surface area contributed by atoms with Gasteiger partial charge in [-0.1, -0.05) is 6.07 Å². The minimum Gasteiger partial charge on any atom is -0.300 e. The number of hydrogen-bond acceptors (Lipinski definition) is 5. The van der Waals surface area contributed by atoms with Crippen molar-refractivity contribution in [1.29, 1.82) is 0 Å². The molecule has 2 rings (SSSR count). The average Bonchev–Trinajstić information content (AvgIpc) is 2.68. The average molecular weight is 265 g/mol. The summed E-state index contributed by atoms with van der Waals surface area (Å²) >= 11 is 0. The lowest BCUT2D eigenvalue weighted by atomic mass is 10.3. The first kappa shape index (κ1) is 12.6. The molecule has 0 aliphatic heterocycles. The van der Waals surface area contributed by atoms with E-state index in [2.05, 4.69) is 20.4 Å². The first-order valence-corrected chi connectivity index (χ1v) is 5.12. The summed E-state index contributed by atoms with van der Waals surface area (Å²) in [7, 11) is 0. The monoisotopic (exact) mass is 265 g/mol. The highest BCUT2D eigenvalue weighted by atomic mass is 19.1. The maximum atomic E-state index is 13.7. The summed E-state index contributed by atoms with van der Waals surface area (Å²) in [6, 6.07) is 3.52. The highest BCUT2D eigenvalue weighted by molar-refractivity contribution is 5.49. The van der Waals surface area contributed by atoms with Gasteiger partial charge in [-0.3, -0.25) is 20.0 Å². The Hall–Kier alpha value is -2.84. The number of aromatic nitrogens is 2. The number of nitrogens with zero attached hydrogens (tertiary/aromatic N) is 3. The van der Waals surface area contributed by atoms with Crippen molar-refractivity contribution in [3.8, 4) is 0 Å². The first-order valence-electron chi connectivity index (χ1n) is 5.12. The Kier molecular flexibility index (Phi) is 3.19. The number of rotatable bonds is 3. The van der Waals surface area contributed by atoms with Crippen LogP contribution in [0.4, 0.5) is 21.5 Å². The second-order valence-electron chi connectivity index (χ2n) is 3.62. The molecule has 0 unspecified atom stereocenters. The largest absolute Gasteiger partial charge is 0.307 e. The van der Waals surface area contributed by atoms with Crippen LogP contribution in [0, 0.1) is 22.9 Å². The minimum absolute atomic E-state index is 0.00842. The second-order valence-corrected chi connectivity index (χ2v) is 3.62. The first-order chi connectivity index (χ1) is 9.00. The van der Waals surface area contributed by atoms with Crippen molar-refractivity contribution in [3.05, 3.63) is 50.2 Å². The summed E-state index contributed by atoms with van der Waals surface area (Å²) in [6.07, 6.45) is 0. The van der Waals surface area contributed by atoms with Crippen molar-refractivity contribution in [2.75, 3.05) is 0 Å². The van der Waals surface area contributed by atoms with E-state index < -0.39 is 22.0 Å². The van der Waals surface area contributed by atoms with E-state index in [1.54, 1.807) is 6.92 Å². The topological polar surface area (TPSA) is 117 Å². The van der Waals surface area contributed by atoms with Crippen LogP contribution >= 0.6 is 0 Å². The molecule has 1 aromatic heterocycles. The van der Waals surface area contributed by atoms with Crippen molar-refractivity contribution in [2.24, 2.45) is 10.2 Å². The maximum absolute atomic E-state index is 13.7. The zero-order chi connectivity index (χ0) is 14.0. The zero-order valence-corrected chi connectivity index (χ0v) is 9.68. The number of benzene rings is 1. The van der Waals surface area contributed by atoms with Gasteiger partial charge in [-0.05, 0) is 13.0 Å². The third-order valence-corrected chi connectivity index (χ3v) is 2.35. The van der Waals surface area contributed by atoms with Gasteiger partial charge in [0.05, 0.1) is 10.6 Å². The van der Waals surface area contributed by atoms with Crippen LogP contribution in [0.25, 0.3) is 0 Å². The predicted octanol–water partition coefficient (Wildman–Crippen LogP) is 2.47. The number of halogens is 1. The Balaban J connectivity index is 2.42. The molecule has 0 bridgehead atoms. The molecule has 2 N–H and O–H groups in total. The van der Waals surface area contributed by atoms with E-state index in [1.807, 2.05) is 0 Å². The third-order valence-electron chi connectivity index (χ3n) is 2.35. The van der Waals surface area contributed by atoms with Gasteiger partial charge in [0.15, 0.2) is 5.69 Å². The van der Waals surface area contributed by atoms with Crippen LogP contribution < -0.4 is 5.56 Å². The maximum Gasteiger partial charge on any atom is 0.307 e. The van der Waals surface area contributed by atoms with Crippen molar-refractivity contribution >= 4 is 17.1 Å². The molecular formula is C10H8FN5O3. The molecule has 1 aromatic carbocycles. The molecule has 8 nitrogen and oxygen atoms in total.